The molecule has 36 heavy (non-hydrogen) atoms. The molecule has 2 atom stereocenters. The minimum atomic E-state index is -0.573. The van der Waals surface area contributed by atoms with E-state index in [4.69, 9.17) is 16.3 Å². The monoisotopic (exact) mass is 539 g/mol. The summed E-state index contributed by atoms with van der Waals surface area (Å²) in [6, 6.07) is 9.52. The molecule has 0 saturated heterocycles. The zero-order valence-electron chi connectivity index (χ0n) is 19.7. The molecule has 0 spiro atoms. The van der Waals surface area contributed by atoms with Crippen molar-refractivity contribution >= 4 is 45.7 Å². The molecule has 1 aliphatic carbocycles. The van der Waals surface area contributed by atoms with Gasteiger partial charge in [0.1, 0.15) is 10.9 Å². The van der Waals surface area contributed by atoms with Gasteiger partial charge in [0.2, 0.25) is 5.13 Å². The Kier molecular flexibility index (Phi) is 6.94. The van der Waals surface area contributed by atoms with Crippen molar-refractivity contribution in [2.45, 2.75) is 36.0 Å². The summed E-state index contributed by atoms with van der Waals surface area (Å²) >= 11 is 8.86. The number of carbonyl (C=O) groups is 1. The van der Waals surface area contributed by atoms with Crippen LogP contribution in [0.3, 0.4) is 0 Å². The third kappa shape index (κ3) is 4.81. The molecule has 4 aromatic rings. The Morgan fingerprint density at radius 2 is 2.03 bits per heavy atom. The zero-order chi connectivity index (χ0) is 25.4. The van der Waals surface area contributed by atoms with Crippen molar-refractivity contribution in [1.29, 1.82) is 0 Å². The van der Waals surface area contributed by atoms with E-state index in [9.17, 15) is 9.90 Å². The van der Waals surface area contributed by atoms with Crippen LogP contribution < -0.4 is 10.1 Å². The van der Waals surface area contributed by atoms with Crippen LogP contribution in [0.2, 0.25) is 5.15 Å². The Morgan fingerprint density at radius 1 is 1.19 bits per heavy atom. The lowest BCUT2D eigenvalue weighted by molar-refractivity contribution is 0.102. The molecule has 3 heterocycles. The smallest absolute Gasteiger partial charge is 0.259 e. The van der Waals surface area contributed by atoms with Crippen LogP contribution in [-0.4, -0.2) is 43.5 Å². The Hall–Kier alpha value is -3.05. The third-order valence-electron chi connectivity index (χ3n) is 5.99. The maximum absolute atomic E-state index is 13.2. The van der Waals surface area contributed by atoms with Crippen molar-refractivity contribution in [3.05, 3.63) is 75.8 Å². The number of anilines is 1. The highest BCUT2D eigenvalue weighted by Gasteiger charge is 2.33. The number of pyridine rings is 2. The molecule has 0 bridgehead atoms. The summed E-state index contributed by atoms with van der Waals surface area (Å²) in [5.41, 5.74) is 5.56. The number of aryl methyl sites for hydroxylation is 2. The molecule has 0 radical (unpaired) electrons. The lowest BCUT2D eigenvalue weighted by Crippen LogP contribution is -2.14. The fourth-order valence-corrected chi connectivity index (χ4v) is 6.62. The number of rotatable bonds is 6. The van der Waals surface area contributed by atoms with Crippen LogP contribution in [0, 0.1) is 13.8 Å². The van der Waals surface area contributed by atoms with Gasteiger partial charge >= 0.3 is 0 Å². The normalized spacial score (nSPS) is 16.6. The standard InChI is InChI=1S/C25H22ClN5O3S2/c1-12-5-4-6-14-8-19(22(32)21(12)14)35-25-31-30-24(36-25)29-23(33)17-10-27-13(2)7-15(17)16-9-20(26)28-11-18(16)34-3/h4-7,9-11,19,22,32H,8H2,1-3H3,(H,29,30,33)/t19-,22+/m1/s1. The lowest BCUT2D eigenvalue weighted by atomic mass is 10.0. The van der Waals surface area contributed by atoms with E-state index in [1.807, 2.05) is 26.0 Å². The van der Waals surface area contributed by atoms with E-state index in [2.05, 4.69) is 31.5 Å². The lowest BCUT2D eigenvalue weighted by Gasteiger charge is -2.13. The second-order valence-electron chi connectivity index (χ2n) is 8.36. The van der Waals surface area contributed by atoms with Gasteiger partial charge in [-0.25, -0.2) is 4.98 Å². The van der Waals surface area contributed by atoms with Crippen molar-refractivity contribution in [3.8, 4) is 16.9 Å². The second-order valence-corrected chi connectivity index (χ2v) is 11.2. The number of benzene rings is 1. The first kappa shape index (κ1) is 24.6. The number of thioether (sulfide) groups is 1. The number of halogens is 1. The Labute approximate surface area is 221 Å². The number of hydrogen-bond acceptors (Lipinski definition) is 9. The number of fused-ring (bicyclic) bond motifs is 1. The Balaban J connectivity index is 1.35. The van der Waals surface area contributed by atoms with Crippen molar-refractivity contribution in [3.63, 3.8) is 0 Å². The van der Waals surface area contributed by atoms with Gasteiger partial charge in [0, 0.05) is 28.3 Å². The van der Waals surface area contributed by atoms with Crippen molar-refractivity contribution in [2.24, 2.45) is 0 Å². The largest absolute Gasteiger partial charge is 0.494 e. The van der Waals surface area contributed by atoms with Crippen molar-refractivity contribution < 1.29 is 14.6 Å². The Bertz CT molecular complexity index is 1460. The number of nitrogens with zero attached hydrogens (tertiary/aromatic N) is 4. The molecule has 1 aromatic carbocycles. The van der Waals surface area contributed by atoms with E-state index < -0.39 is 6.10 Å². The van der Waals surface area contributed by atoms with Gasteiger partial charge in [0.25, 0.3) is 5.91 Å². The number of amides is 1. The van der Waals surface area contributed by atoms with Crippen LogP contribution in [0.5, 0.6) is 5.75 Å². The third-order valence-corrected chi connectivity index (χ3v) is 8.38. The first-order valence-corrected chi connectivity index (χ1v) is 13.2. The maximum Gasteiger partial charge on any atom is 0.259 e. The molecule has 1 amide bonds. The van der Waals surface area contributed by atoms with Gasteiger partial charge in [0.15, 0.2) is 4.34 Å². The molecule has 0 aliphatic heterocycles. The van der Waals surface area contributed by atoms with Gasteiger partial charge < -0.3 is 9.84 Å². The number of aliphatic hydroxyl groups is 1. The van der Waals surface area contributed by atoms with E-state index in [1.165, 1.54) is 42.6 Å². The van der Waals surface area contributed by atoms with E-state index in [1.54, 1.807) is 12.1 Å². The highest BCUT2D eigenvalue weighted by Crippen LogP contribution is 2.43. The van der Waals surface area contributed by atoms with Crippen LogP contribution in [0.25, 0.3) is 11.1 Å². The highest BCUT2D eigenvalue weighted by atomic mass is 35.5. The van der Waals surface area contributed by atoms with Gasteiger partial charge in [0.05, 0.1) is 25.0 Å². The number of hydrogen-bond donors (Lipinski definition) is 2. The van der Waals surface area contributed by atoms with Crippen LogP contribution in [-0.2, 0) is 6.42 Å². The molecule has 3 aromatic heterocycles. The first-order valence-electron chi connectivity index (χ1n) is 11.1. The minimum Gasteiger partial charge on any atom is -0.494 e. The van der Waals surface area contributed by atoms with E-state index in [0.717, 1.165) is 28.8 Å². The predicted molar refractivity (Wildman–Crippen MR) is 141 cm³/mol. The molecular formula is C25H22ClN5O3S2. The minimum absolute atomic E-state index is 0.0607. The number of methoxy groups -OCH3 is 1. The molecule has 5 rings (SSSR count). The number of carbonyl (C=O) groups excluding carboxylic acids is 1. The van der Waals surface area contributed by atoms with E-state index in [-0.39, 0.29) is 16.3 Å². The predicted octanol–water partition coefficient (Wildman–Crippen LogP) is 5.28. The molecule has 0 fully saturated rings. The number of aromatic nitrogens is 4. The van der Waals surface area contributed by atoms with E-state index >= 15 is 0 Å². The molecule has 2 N–H and O–H groups in total. The molecule has 1 aliphatic rings. The van der Waals surface area contributed by atoms with Gasteiger partial charge in [-0.1, -0.05) is 52.9 Å². The average Bonchev–Trinajstić information content (AvgIpc) is 3.43. The molecule has 8 nitrogen and oxygen atoms in total. The topological polar surface area (TPSA) is 110 Å². The van der Waals surface area contributed by atoms with Crippen LogP contribution in [0.4, 0.5) is 5.13 Å². The van der Waals surface area contributed by atoms with Gasteiger partial charge in [-0.3, -0.25) is 15.1 Å². The molecule has 0 unspecified atom stereocenters. The van der Waals surface area contributed by atoms with Gasteiger partial charge in [-0.15, -0.1) is 10.2 Å². The van der Waals surface area contributed by atoms with E-state index in [0.29, 0.717) is 31.9 Å². The Morgan fingerprint density at radius 3 is 2.81 bits per heavy atom. The number of ether oxygens (including phenoxy) is 1. The summed E-state index contributed by atoms with van der Waals surface area (Å²) in [6.07, 6.45) is 3.20. The summed E-state index contributed by atoms with van der Waals surface area (Å²) < 4.78 is 6.11. The van der Waals surface area contributed by atoms with Crippen molar-refractivity contribution in [2.75, 3.05) is 12.4 Å². The molecular weight excluding hydrogens is 518 g/mol. The maximum atomic E-state index is 13.2. The fraction of sp³-hybridized carbons (Fsp3) is 0.240. The fourth-order valence-electron chi connectivity index (χ4n) is 4.32. The zero-order valence-corrected chi connectivity index (χ0v) is 22.0. The summed E-state index contributed by atoms with van der Waals surface area (Å²) in [7, 11) is 1.53. The van der Waals surface area contributed by atoms with Crippen LogP contribution in [0.1, 0.15) is 38.8 Å². The summed E-state index contributed by atoms with van der Waals surface area (Å²) in [5.74, 6) is 0.101. The van der Waals surface area contributed by atoms with Crippen LogP contribution >= 0.6 is 34.7 Å². The second kappa shape index (κ2) is 10.1. The molecule has 184 valence electrons. The first-order chi connectivity index (χ1) is 17.3. The summed E-state index contributed by atoms with van der Waals surface area (Å²) in [4.78, 5) is 21.6. The summed E-state index contributed by atoms with van der Waals surface area (Å²) in [5, 5.41) is 22.6. The molecule has 0 saturated carbocycles. The quantitative estimate of drug-likeness (QED) is 0.252. The number of aliphatic hydroxyl groups excluding tert-OH is 1. The molecule has 11 heteroatoms. The number of nitrogens with one attached hydrogen (secondary N) is 1. The van der Waals surface area contributed by atoms with Gasteiger partial charge in [-0.2, -0.15) is 0 Å². The van der Waals surface area contributed by atoms with Crippen molar-refractivity contribution in [1.82, 2.24) is 20.2 Å². The van der Waals surface area contributed by atoms with Crippen LogP contribution in [0.15, 0.2) is 47.1 Å². The summed E-state index contributed by atoms with van der Waals surface area (Å²) in [6.45, 7) is 3.85. The SMILES string of the molecule is COc1cnc(Cl)cc1-c1cc(C)ncc1C(=O)Nc1nnc(S[C@@H]2Cc3cccc(C)c3[C@H]2O)s1. The average molecular weight is 540 g/mol. The highest BCUT2D eigenvalue weighted by molar-refractivity contribution is 8.01. The van der Waals surface area contributed by atoms with Gasteiger partial charge in [-0.05, 0) is 49.1 Å².